The lowest BCUT2D eigenvalue weighted by atomic mass is 9.78. The molecule has 4 nitrogen and oxygen atoms in total. The third-order valence-electron chi connectivity index (χ3n) is 3.62. The normalized spacial score (nSPS) is 21.2. The van der Waals surface area contributed by atoms with Crippen molar-refractivity contribution >= 4 is 12.1 Å². The molecular formula is C20H33NO3. The van der Waals surface area contributed by atoms with Gasteiger partial charge in [0.2, 0.25) is 0 Å². The van der Waals surface area contributed by atoms with Crippen molar-refractivity contribution in [1.82, 2.24) is 5.32 Å². The van der Waals surface area contributed by atoms with Crippen molar-refractivity contribution < 1.29 is 14.3 Å². The summed E-state index contributed by atoms with van der Waals surface area (Å²) in [5.74, 6) is 0.0272. The first-order chi connectivity index (χ1) is 11.6. The van der Waals surface area contributed by atoms with Gasteiger partial charge in [-0.15, -0.1) is 0 Å². The zero-order chi connectivity index (χ0) is 19.0. The number of Topliss-reactive ketones (excluding diaryl/α,β-unsaturated/α-hetero) is 1. The monoisotopic (exact) mass is 335 g/mol. The third kappa shape index (κ3) is 7.20. The number of likely N-dealkylation sites (N-methyl/N-ethyl adjacent to an activating group) is 1. The number of aldehydes is 1. The Hall–Kier alpha value is -1.78. The molecule has 0 aliphatic heterocycles. The Morgan fingerprint density at radius 2 is 1.92 bits per heavy atom. The molecular weight excluding hydrogens is 302 g/mol. The molecule has 0 bridgehead atoms. The van der Waals surface area contributed by atoms with Gasteiger partial charge in [0.1, 0.15) is 17.5 Å². The summed E-state index contributed by atoms with van der Waals surface area (Å²) in [7, 11) is 5.01. The fraction of sp³-hybridized carbons (Fsp3) is 0.500. The van der Waals surface area contributed by atoms with Crippen LogP contribution in [-0.4, -0.2) is 39.4 Å². The van der Waals surface area contributed by atoms with E-state index in [2.05, 4.69) is 23.2 Å². The van der Waals surface area contributed by atoms with Crippen molar-refractivity contribution in [2.45, 2.75) is 39.2 Å². The molecule has 1 saturated carbocycles. The average molecular weight is 335 g/mol. The van der Waals surface area contributed by atoms with Gasteiger partial charge >= 0.3 is 0 Å². The lowest BCUT2D eigenvalue weighted by molar-refractivity contribution is -0.132. The molecule has 1 aliphatic rings. The van der Waals surface area contributed by atoms with Crippen LogP contribution in [0.1, 0.15) is 33.1 Å². The van der Waals surface area contributed by atoms with Crippen LogP contribution in [0.2, 0.25) is 0 Å². The van der Waals surface area contributed by atoms with Crippen molar-refractivity contribution in [2.24, 2.45) is 5.41 Å². The van der Waals surface area contributed by atoms with Crippen LogP contribution in [-0.2, 0) is 14.3 Å². The molecule has 2 unspecified atom stereocenters. The van der Waals surface area contributed by atoms with Gasteiger partial charge in [-0.3, -0.25) is 4.79 Å². The molecule has 0 amide bonds. The van der Waals surface area contributed by atoms with E-state index in [1.807, 2.05) is 32.1 Å². The minimum Gasteiger partial charge on any atom is -0.388 e. The maximum Gasteiger partial charge on any atom is 0.148 e. The van der Waals surface area contributed by atoms with Crippen molar-refractivity contribution in [3.8, 4) is 0 Å². The minimum atomic E-state index is -0.911. The van der Waals surface area contributed by atoms with E-state index in [1.165, 1.54) is 0 Å². The van der Waals surface area contributed by atoms with Crippen molar-refractivity contribution in [1.29, 1.82) is 0 Å². The topological polar surface area (TPSA) is 55.4 Å². The zero-order valence-corrected chi connectivity index (χ0v) is 15.8. The number of nitrogens with one attached hydrogen (secondary N) is 1. The van der Waals surface area contributed by atoms with Gasteiger partial charge in [-0.25, -0.2) is 0 Å². The van der Waals surface area contributed by atoms with Gasteiger partial charge in [0.05, 0.1) is 0 Å². The van der Waals surface area contributed by atoms with Crippen LogP contribution in [0.5, 0.6) is 0 Å². The molecule has 0 heterocycles. The molecule has 0 aromatic rings. The highest BCUT2D eigenvalue weighted by atomic mass is 16.4. The fourth-order valence-electron chi connectivity index (χ4n) is 2.50. The second kappa shape index (κ2) is 14.8. The van der Waals surface area contributed by atoms with Crippen LogP contribution in [0.25, 0.3) is 0 Å². The largest absolute Gasteiger partial charge is 0.388 e. The SMILES string of the molecule is C=C/C=C(C=C)/C=C/C(NC)C1(C=O)CCCC1=O.CC.COC. The summed E-state index contributed by atoms with van der Waals surface area (Å²) in [5, 5.41) is 3.06. The van der Waals surface area contributed by atoms with Crippen LogP contribution in [0.4, 0.5) is 0 Å². The second-order valence-corrected chi connectivity index (χ2v) is 5.08. The summed E-state index contributed by atoms with van der Waals surface area (Å²) in [6.45, 7) is 11.3. The number of carbonyl (C=O) groups is 2. The average Bonchev–Trinajstić information content (AvgIpc) is 2.98. The Bertz CT molecular complexity index is 452. The lowest BCUT2D eigenvalue weighted by Gasteiger charge is -2.28. The molecule has 0 aromatic carbocycles. The highest BCUT2D eigenvalue weighted by molar-refractivity contribution is 6.01. The molecule has 0 radical (unpaired) electrons. The van der Waals surface area contributed by atoms with Crippen LogP contribution < -0.4 is 5.32 Å². The Morgan fingerprint density at radius 1 is 1.33 bits per heavy atom. The number of allylic oxidation sites excluding steroid dienone is 5. The van der Waals surface area contributed by atoms with Gasteiger partial charge in [-0.1, -0.05) is 57.4 Å². The predicted molar refractivity (Wildman–Crippen MR) is 102 cm³/mol. The van der Waals surface area contributed by atoms with Crippen LogP contribution in [0.15, 0.2) is 49.1 Å². The fourth-order valence-corrected chi connectivity index (χ4v) is 2.50. The van der Waals surface area contributed by atoms with Crippen LogP contribution in [0.3, 0.4) is 0 Å². The smallest absolute Gasteiger partial charge is 0.148 e. The maximum absolute atomic E-state index is 12.0. The summed E-state index contributed by atoms with van der Waals surface area (Å²) in [6.07, 6.45) is 11.6. The molecule has 1 rings (SSSR count). The molecule has 2 atom stereocenters. The first-order valence-corrected chi connectivity index (χ1v) is 8.26. The van der Waals surface area contributed by atoms with E-state index in [4.69, 9.17) is 0 Å². The summed E-state index contributed by atoms with van der Waals surface area (Å²) in [4.78, 5) is 23.4. The van der Waals surface area contributed by atoms with Gasteiger partial charge < -0.3 is 14.8 Å². The first-order valence-electron chi connectivity index (χ1n) is 8.26. The Kier molecular flexibility index (Phi) is 15.1. The van der Waals surface area contributed by atoms with Gasteiger partial charge in [0, 0.05) is 26.7 Å². The molecule has 0 spiro atoms. The summed E-state index contributed by atoms with van der Waals surface area (Å²) < 4.78 is 4.25. The molecule has 1 N–H and O–H groups in total. The van der Waals surface area contributed by atoms with Gasteiger partial charge in [0.15, 0.2) is 0 Å². The zero-order valence-electron chi connectivity index (χ0n) is 15.8. The summed E-state index contributed by atoms with van der Waals surface area (Å²) >= 11 is 0. The number of hydrogen-bond acceptors (Lipinski definition) is 4. The third-order valence-corrected chi connectivity index (χ3v) is 3.62. The highest BCUT2D eigenvalue weighted by Crippen LogP contribution is 2.36. The Balaban J connectivity index is 0. The lowest BCUT2D eigenvalue weighted by Crippen LogP contribution is -2.46. The van der Waals surface area contributed by atoms with Crippen molar-refractivity contribution in [2.75, 3.05) is 21.3 Å². The van der Waals surface area contributed by atoms with Crippen molar-refractivity contribution in [3.63, 3.8) is 0 Å². The van der Waals surface area contributed by atoms with E-state index in [0.717, 1.165) is 18.3 Å². The van der Waals surface area contributed by atoms with Gasteiger partial charge in [0.25, 0.3) is 0 Å². The number of ketones is 1. The number of carbonyl (C=O) groups excluding carboxylic acids is 2. The van der Waals surface area contributed by atoms with Crippen molar-refractivity contribution in [3.05, 3.63) is 49.1 Å². The van der Waals surface area contributed by atoms with Crippen LogP contribution >= 0.6 is 0 Å². The van der Waals surface area contributed by atoms with E-state index in [9.17, 15) is 9.59 Å². The van der Waals surface area contributed by atoms with E-state index < -0.39 is 5.41 Å². The highest BCUT2D eigenvalue weighted by Gasteiger charge is 2.46. The number of methoxy groups -OCH3 is 1. The summed E-state index contributed by atoms with van der Waals surface area (Å²) in [5.41, 5.74) is -0.0205. The molecule has 1 fully saturated rings. The first kappa shape index (κ1) is 24.5. The van der Waals surface area contributed by atoms with Gasteiger partial charge in [-0.2, -0.15) is 0 Å². The van der Waals surface area contributed by atoms with E-state index >= 15 is 0 Å². The van der Waals surface area contributed by atoms with E-state index in [0.29, 0.717) is 12.8 Å². The Labute approximate surface area is 147 Å². The standard InChI is InChI=1S/C16H21NO2.C2H6O.C2H6/c1-4-7-13(5-2)9-10-14(17-3)16(12-18)11-6-8-15(16)19;1-3-2;1-2/h4-5,7,9-10,12,14,17H,1-2,6,8,11H2,3H3;1-2H3;1-2H3/b10-9+,13-7+;;. The minimum absolute atomic E-state index is 0.0272. The predicted octanol–water partition coefficient (Wildman–Crippen LogP) is 3.66. The molecule has 0 saturated heterocycles. The Morgan fingerprint density at radius 3 is 2.25 bits per heavy atom. The number of rotatable bonds is 7. The summed E-state index contributed by atoms with van der Waals surface area (Å²) in [6, 6.07) is -0.284. The maximum atomic E-state index is 12.0. The van der Waals surface area contributed by atoms with Gasteiger partial charge in [-0.05, 0) is 25.5 Å². The quantitative estimate of drug-likeness (QED) is 0.438. The number of hydrogen-bond donors (Lipinski definition) is 1. The molecule has 136 valence electrons. The van der Waals surface area contributed by atoms with E-state index in [1.54, 1.807) is 33.4 Å². The molecule has 24 heavy (non-hydrogen) atoms. The molecule has 4 heteroatoms. The second-order valence-electron chi connectivity index (χ2n) is 5.08. The number of ether oxygens (including phenoxy) is 1. The van der Waals surface area contributed by atoms with E-state index in [-0.39, 0.29) is 11.8 Å². The van der Waals surface area contributed by atoms with Crippen LogP contribution in [0, 0.1) is 5.41 Å². The molecule has 0 aromatic heterocycles. The molecule has 1 aliphatic carbocycles.